The molecular weight excluding hydrogens is 574 g/mol. The molecule has 0 saturated heterocycles. The van der Waals surface area contributed by atoms with Crippen LogP contribution in [0.25, 0.3) is 22.1 Å². The highest BCUT2D eigenvalue weighted by Gasteiger charge is 2.12. The smallest absolute Gasteiger partial charge is 0.274 e. The number of hydrogen-bond acceptors (Lipinski definition) is 4. The van der Waals surface area contributed by atoms with Crippen molar-refractivity contribution in [3.05, 3.63) is 76.6 Å². The zero-order chi connectivity index (χ0) is 18.3. The predicted octanol–water partition coefficient (Wildman–Crippen LogP) is 4.23. The van der Waals surface area contributed by atoms with E-state index in [9.17, 15) is 4.79 Å². The van der Waals surface area contributed by atoms with Crippen LogP contribution in [0.5, 0.6) is 5.75 Å². The molecule has 0 N–H and O–H groups in total. The molecule has 4 aromatic rings. The molecule has 0 unspecified atom stereocenters. The van der Waals surface area contributed by atoms with Crippen LogP contribution in [-0.2, 0) is 0 Å². The summed E-state index contributed by atoms with van der Waals surface area (Å²) in [5, 5.41) is 0. The van der Waals surface area contributed by atoms with Crippen molar-refractivity contribution in [3.63, 3.8) is 0 Å². The first-order valence-electron chi connectivity index (χ1n) is 7.73. The van der Waals surface area contributed by atoms with E-state index in [1.54, 1.807) is 10.5 Å². The van der Waals surface area contributed by atoms with Crippen LogP contribution in [0.2, 0.25) is 0 Å². The maximum absolute atomic E-state index is 12.8. The van der Waals surface area contributed by atoms with Gasteiger partial charge in [-0.15, -0.1) is 0 Å². The van der Waals surface area contributed by atoms with Crippen molar-refractivity contribution in [2.24, 2.45) is 0 Å². The molecule has 130 valence electrons. The third-order valence-electron chi connectivity index (χ3n) is 3.81. The van der Waals surface area contributed by atoms with Crippen molar-refractivity contribution < 1.29 is 4.74 Å². The lowest BCUT2D eigenvalue weighted by Crippen LogP contribution is -2.22. The molecule has 0 spiro atoms. The fourth-order valence-electron chi connectivity index (χ4n) is 2.71. The number of thiazole rings is 1. The molecule has 0 aliphatic heterocycles. The summed E-state index contributed by atoms with van der Waals surface area (Å²) in [5.74, 6) is 0.845. The van der Waals surface area contributed by atoms with E-state index in [0.29, 0.717) is 11.1 Å². The molecule has 26 heavy (non-hydrogen) atoms. The summed E-state index contributed by atoms with van der Waals surface area (Å²) in [7, 11) is 0. The average molecular weight is 586 g/mol. The molecule has 0 amide bonds. The topological polar surface area (TPSA) is 43.6 Å². The number of benzene rings is 2. The van der Waals surface area contributed by atoms with Gasteiger partial charge in [0.15, 0.2) is 4.96 Å². The van der Waals surface area contributed by atoms with Gasteiger partial charge in [0.1, 0.15) is 12.4 Å². The highest BCUT2D eigenvalue weighted by atomic mass is 127. The third kappa shape index (κ3) is 3.16. The first-order valence-corrected chi connectivity index (χ1v) is 10.7. The Kier molecular flexibility index (Phi) is 5.02. The Morgan fingerprint density at radius 2 is 1.96 bits per heavy atom. The zero-order valence-corrected chi connectivity index (χ0v) is 18.5. The van der Waals surface area contributed by atoms with E-state index >= 15 is 0 Å². The predicted molar refractivity (Wildman–Crippen MR) is 123 cm³/mol. The van der Waals surface area contributed by atoms with Gasteiger partial charge in [0.25, 0.3) is 5.56 Å². The minimum atomic E-state index is -0.0318. The average Bonchev–Trinajstić information content (AvgIpc) is 3.11. The Morgan fingerprint density at radius 3 is 2.69 bits per heavy atom. The normalized spacial score (nSPS) is 12.2. The molecule has 0 atom stereocenters. The molecule has 0 aliphatic rings. The Labute approximate surface area is 180 Å². The van der Waals surface area contributed by atoms with Gasteiger partial charge in [-0.2, -0.15) is 0 Å². The Morgan fingerprint density at radius 1 is 1.23 bits per heavy atom. The van der Waals surface area contributed by atoms with Crippen LogP contribution in [0, 0.1) is 7.14 Å². The van der Waals surface area contributed by atoms with Crippen molar-refractivity contribution in [3.8, 4) is 5.75 Å². The molecule has 0 bridgehead atoms. The lowest BCUT2D eigenvalue weighted by atomic mass is 10.2. The maximum Gasteiger partial charge on any atom is 0.274 e. The van der Waals surface area contributed by atoms with E-state index in [-0.39, 0.29) is 5.56 Å². The number of para-hydroxylation sites is 2. The lowest BCUT2D eigenvalue weighted by Gasteiger charge is -2.09. The molecule has 2 aromatic heterocycles. The summed E-state index contributed by atoms with van der Waals surface area (Å²) in [6.45, 7) is 4.14. The van der Waals surface area contributed by atoms with Gasteiger partial charge in [0.05, 0.1) is 22.7 Å². The second-order valence-corrected chi connectivity index (χ2v) is 8.88. The van der Waals surface area contributed by atoms with Crippen LogP contribution >= 0.6 is 56.5 Å². The first-order chi connectivity index (χ1) is 12.6. The van der Waals surface area contributed by atoms with E-state index in [1.165, 1.54) is 11.3 Å². The van der Waals surface area contributed by atoms with Gasteiger partial charge in [0.2, 0.25) is 0 Å². The van der Waals surface area contributed by atoms with Gasteiger partial charge in [-0.25, -0.2) is 9.38 Å². The van der Waals surface area contributed by atoms with Crippen LogP contribution in [0.15, 0.2) is 53.8 Å². The molecular formula is C19H12I2N2O2S. The molecule has 4 rings (SSSR count). The summed E-state index contributed by atoms with van der Waals surface area (Å²) in [4.78, 5) is 18.1. The van der Waals surface area contributed by atoms with Gasteiger partial charge < -0.3 is 4.74 Å². The van der Waals surface area contributed by atoms with E-state index in [2.05, 4.69) is 56.7 Å². The highest BCUT2D eigenvalue weighted by molar-refractivity contribution is 14.1. The molecule has 2 aromatic carbocycles. The first kappa shape index (κ1) is 17.9. The number of halogens is 2. The van der Waals surface area contributed by atoms with Crippen LogP contribution in [0.3, 0.4) is 0 Å². The lowest BCUT2D eigenvalue weighted by molar-refractivity contribution is 0.358. The second-order valence-electron chi connectivity index (χ2n) is 5.55. The van der Waals surface area contributed by atoms with Gasteiger partial charge in [-0.1, -0.05) is 36.1 Å². The number of fused-ring (bicyclic) bond motifs is 3. The minimum absolute atomic E-state index is 0.0318. The van der Waals surface area contributed by atoms with Crippen molar-refractivity contribution in [2.75, 3.05) is 6.61 Å². The SMILES string of the molecule is C=CCOc1c(I)cc(/C=c2/sc3nc4ccccc4n3c2=O)cc1I. The summed E-state index contributed by atoms with van der Waals surface area (Å²) in [6, 6.07) is 11.7. The standard InChI is InChI=1S/C19H12I2N2O2S/c1-2-7-25-17-12(20)8-11(9-13(17)21)10-16-18(24)23-15-6-4-3-5-14(15)22-19(23)26-16/h2-6,8-10H,1,7H2/b16-10+. The largest absolute Gasteiger partial charge is 0.487 e. The van der Waals surface area contributed by atoms with Crippen LogP contribution in [0.4, 0.5) is 0 Å². The van der Waals surface area contributed by atoms with E-state index in [1.807, 2.05) is 42.5 Å². The Balaban J connectivity index is 1.85. The van der Waals surface area contributed by atoms with E-state index < -0.39 is 0 Å². The number of rotatable bonds is 4. The van der Waals surface area contributed by atoms with E-state index in [4.69, 9.17) is 4.74 Å². The summed E-state index contributed by atoms with van der Waals surface area (Å²) >= 11 is 5.91. The van der Waals surface area contributed by atoms with Crippen LogP contribution in [-0.4, -0.2) is 16.0 Å². The summed E-state index contributed by atoms with van der Waals surface area (Å²) in [5.41, 5.74) is 2.63. The van der Waals surface area contributed by atoms with Gasteiger partial charge in [-0.3, -0.25) is 4.79 Å². The molecule has 4 nitrogen and oxygen atoms in total. The number of aromatic nitrogens is 2. The van der Waals surface area contributed by atoms with Crippen molar-refractivity contribution >= 4 is 78.6 Å². The number of nitrogens with zero attached hydrogens (tertiary/aromatic N) is 2. The molecule has 0 fully saturated rings. The Bertz CT molecular complexity index is 1240. The highest BCUT2D eigenvalue weighted by Crippen LogP contribution is 2.29. The number of ether oxygens (including phenoxy) is 1. The number of imidazole rings is 1. The third-order valence-corrected chi connectivity index (χ3v) is 6.38. The zero-order valence-electron chi connectivity index (χ0n) is 13.4. The molecule has 0 saturated carbocycles. The second kappa shape index (κ2) is 7.28. The van der Waals surface area contributed by atoms with Crippen molar-refractivity contribution in [1.29, 1.82) is 0 Å². The van der Waals surface area contributed by atoms with Crippen molar-refractivity contribution in [2.45, 2.75) is 0 Å². The van der Waals surface area contributed by atoms with Gasteiger partial charge in [-0.05, 0) is 81.1 Å². The molecule has 0 radical (unpaired) electrons. The maximum atomic E-state index is 12.8. The fourth-order valence-corrected chi connectivity index (χ4v) is 5.82. The van der Waals surface area contributed by atoms with Gasteiger partial charge >= 0.3 is 0 Å². The minimum Gasteiger partial charge on any atom is -0.487 e. The van der Waals surface area contributed by atoms with E-state index in [0.717, 1.165) is 34.4 Å². The summed E-state index contributed by atoms with van der Waals surface area (Å²) in [6.07, 6.45) is 3.64. The van der Waals surface area contributed by atoms with Crippen LogP contribution in [0.1, 0.15) is 5.56 Å². The van der Waals surface area contributed by atoms with Crippen LogP contribution < -0.4 is 14.8 Å². The molecule has 7 heteroatoms. The fraction of sp³-hybridized carbons (Fsp3) is 0.0526. The Hall–Kier alpha value is -1.46. The quantitative estimate of drug-likeness (QED) is 0.266. The van der Waals surface area contributed by atoms with Crippen molar-refractivity contribution in [1.82, 2.24) is 9.38 Å². The van der Waals surface area contributed by atoms with Gasteiger partial charge in [0, 0.05) is 0 Å². The summed E-state index contributed by atoms with van der Waals surface area (Å²) < 4.78 is 10.1. The molecule has 2 heterocycles. The monoisotopic (exact) mass is 586 g/mol. The number of hydrogen-bond donors (Lipinski definition) is 0. The molecule has 0 aliphatic carbocycles.